The fourth-order valence-electron chi connectivity index (χ4n) is 4.70. The third-order valence-corrected chi connectivity index (χ3v) is 6.52. The maximum Gasteiger partial charge on any atom is 0.159 e. The average Bonchev–Trinajstić information content (AvgIpc) is 3.29. The molecule has 2 N–H and O–H groups in total. The number of Topliss-reactive ketones (excluding diaryl/α,β-unsaturated/α-hetero) is 1. The number of carbonyl (C=O) groups excluding carboxylic acids is 1. The van der Waals surface area contributed by atoms with Gasteiger partial charge in [0.1, 0.15) is 0 Å². The fourth-order valence-corrected chi connectivity index (χ4v) is 4.70. The molecule has 0 radical (unpaired) electrons. The highest BCUT2D eigenvalue weighted by Gasteiger charge is 2.42. The third-order valence-electron chi connectivity index (χ3n) is 6.52. The lowest BCUT2D eigenvalue weighted by Gasteiger charge is -2.32. The summed E-state index contributed by atoms with van der Waals surface area (Å²) in [5.41, 5.74) is 6.41. The van der Waals surface area contributed by atoms with Crippen molar-refractivity contribution in [3.63, 3.8) is 0 Å². The van der Waals surface area contributed by atoms with Crippen molar-refractivity contribution < 1.29 is 4.79 Å². The second kappa shape index (κ2) is 8.87. The number of aromatic nitrogens is 3. The van der Waals surface area contributed by atoms with Crippen molar-refractivity contribution in [2.24, 2.45) is 0 Å². The Morgan fingerprint density at radius 3 is 2.47 bits per heavy atom. The molecule has 4 rings (SSSR count). The Labute approximate surface area is 190 Å². The topological polar surface area (TPSA) is 73.9 Å². The molecule has 168 valence electrons. The Morgan fingerprint density at radius 2 is 1.84 bits per heavy atom. The van der Waals surface area contributed by atoms with E-state index >= 15 is 0 Å². The molecule has 0 spiro atoms. The van der Waals surface area contributed by atoms with E-state index in [4.69, 9.17) is 5.10 Å². The summed E-state index contributed by atoms with van der Waals surface area (Å²) >= 11 is 0. The summed E-state index contributed by atoms with van der Waals surface area (Å²) in [6.45, 7) is 11.9. The zero-order valence-corrected chi connectivity index (χ0v) is 19.7. The van der Waals surface area contributed by atoms with Gasteiger partial charge in [0.05, 0.1) is 11.2 Å². The minimum Gasteiger partial charge on any atom is -0.342 e. The second-order valence-corrected chi connectivity index (χ2v) is 9.38. The van der Waals surface area contributed by atoms with Crippen molar-refractivity contribution in [3.05, 3.63) is 65.0 Å². The maximum atomic E-state index is 12.6. The van der Waals surface area contributed by atoms with Gasteiger partial charge in [0.25, 0.3) is 0 Å². The predicted octanol–water partition coefficient (Wildman–Crippen LogP) is 4.54. The molecule has 2 aromatic heterocycles. The van der Waals surface area contributed by atoms with Crippen LogP contribution >= 0.6 is 0 Å². The third kappa shape index (κ3) is 4.32. The molecule has 6 nitrogen and oxygen atoms in total. The van der Waals surface area contributed by atoms with Crippen molar-refractivity contribution in [2.75, 3.05) is 18.0 Å². The highest BCUT2D eigenvalue weighted by atomic mass is 16.1. The molecule has 1 fully saturated rings. The van der Waals surface area contributed by atoms with E-state index in [1.54, 1.807) is 0 Å². The van der Waals surface area contributed by atoms with Gasteiger partial charge in [-0.1, -0.05) is 17.2 Å². The van der Waals surface area contributed by atoms with Crippen LogP contribution in [0.15, 0.2) is 42.7 Å². The van der Waals surface area contributed by atoms with Crippen molar-refractivity contribution in [1.82, 2.24) is 20.5 Å². The summed E-state index contributed by atoms with van der Waals surface area (Å²) < 4.78 is 0. The highest BCUT2D eigenvalue weighted by molar-refractivity contribution is 5.95. The normalized spacial score (nSPS) is 16.5. The number of hydrogen-bond donors (Lipinski definition) is 2. The standard InChI is InChI=1S/C26H33N5O/c1-17-14-18(2)16-21(15-17)24-23(19(3)28-12-8-20-6-10-27-11-7-20)25(30-29-24)31-13-9-22(32)26(31,4)5/h6-7,10-11,14-16,19,28H,8-9,12-13H2,1-5H3,(H,29,30). The molecule has 6 heteroatoms. The Kier molecular flexibility index (Phi) is 6.15. The average molecular weight is 432 g/mol. The van der Waals surface area contributed by atoms with Crippen molar-refractivity contribution in [3.8, 4) is 11.3 Å². The zero-order valence-electron chi connectivity index (χ0n) is 19.7. The lowest BCUT2D eigenvalue weighted by molar-refractivity contribution is -0.120. The van der Waals surface area contributed by atoms with E-state index in [0.29, 0.717) is 13.0 Å². The Hall–Kier alpha value is -2.99. The molecule has 1 saturated heterocycles. The quantitative estimate of drug-likeness (QED) is 0.575. The summed E-state index contributed by atoms with van der Waals surface area (Å²) in [6.07, 6.45) is 5.14. The second-order valence-electron chi connectivity index (χ2n) is 9.38. The number of H-pyrrole nitrogens is 1. The summed E-state index contributed by atoms with van der Waals surface area (Å²) in [5.74, 6) is 1.14. The molecular formula is C26H33N5O. The molecule has 0 saturated carbocycles. The van der Waals surface area contributed by atoms with E-state index in [0.717, 1.165) is 35.6 Å². The van der Waals surface area contributed by atoms with Gasteiger partial charge in [-0.25, -0.2) is 0 Å². The summed E-state index contributed by atoms with van der Waals surface area (Å²) in [7, 11) is 0. The first-order valence-electron chi connectivity index (χ1n) is 11.4. The van der Waals surface area contributed by atoms with Crippen LogP contribution in [0.2, 0.25) is 0 Å². The monoisotopic (exact) mass is 431 g/mol. The molecule has 3 aromatic rings. The van der Waals surface area contributed by atoms with Crippen LogP contribution in [0.3, 0.4) is 0 Å². The first kappa shape index (κ1) is 22.2. The number of nitrogens with one attached hydrogen (secondary N) is 2. The number of ketones is 1. The number of rotatable bonds is 7. The van der Waals surface area contributed by atoms with Crippen molar-refractivity contribution >= 4 is 11.6 Å². The first-order valence-corrected chi connectivity index (χ1v) is 11.4. The van der Waals surface area contributed by atoms with Crippen LogP contribution in [-0.4, -0.2) is 39.6 Å². The molecule has 1 aliphatic heterocycles. The summed E-state index contributed by atoms with van der Waals surface area (Å²) in [5, 5.41) is 11.7. The number of aromatic amines is 1. The van der Waals surface area contributed by atoms with Crippen molar-refractivity contribution in [2.45, 2.75) is 59.0 Å². The molecule has 1 unspecified atom stereocenters. The first-order chi connectivity index (χ1) is 15.3. The minimum absolute atomic E-state index is 0.0629. The van der Waals surface area contributed by atoms with Gasteiger partial charge in [-0.05, 0) is 77.4 Å². The summed E-state index contributed by atoms with van der Waals surface area (Å²) in [4.78, 5) is 18.8. The SMILES string of the molecule is Cc1cc(C)cc(-c2[nH]nc(N3CCC(=O)C3(C)C)c2C(C)NCCc2ccncc2)c1. The molecule has 0 amide bonds. The van der Waals surface area contributed by atoms with Gasteiger partial charge in [0.2, 0.25) is 0 Å². The molecule has 3 heterocycles. The lowest BCUT2D eigenvalue weighted by Crippen LogP contribution is -2.43. The number of benzene rings is 1. The molecule has 0 bridgehead atoms. The van der Waals surface area contributed by atoms with E-state index in [9.17, 15) is 4.79 Å². The van der Waals surface area contributed by atoms with Gasteiger partial charge in [0, 0.05) is 42.5 Å². The lowest BCUT2D eigenvalue weighted by atomic mass is 9.96. The number of aryl methyl sites for hydroxylation is 2. The van der Waals surface area contributed by atoms with Gasteiger partial charge in [-0.2, -0.15) is 5.10 Å². The molecule has 1 aromatic carbocycles. The van der Waals surface area contributed by atoms with E-state index < -0.39 is 5.54 Å². The van der Waals surface area contributed by atoms with E-state index in [-0.39, 0.29) is 11.8 Å². The van der Waals surface area contributed by atoms with Gasteiger partial charge < -0.3 is 10.2 Å². The minimum atomic E-state index is -0.555. The molecule has 1 aliphatic rings. The van der Waals surface area contributed by atoms with Crippen LogP contribution in [0, 0.1) is 13.8 Å². The smallest absolute Gasteiger partial charge is 0.159 e. The number of carbonyl (C=O) groups is 1. The van der Waals surface area contributed by atoms with Crippen LogP contribution in [0.5, 0.6) is 0 Å². The maximum absolute atomic E-state index is 12.6. The van der Waals surface area contributed by atoms with Crippen LogP contribution < -0.4 is 10.2 Å². The van der Waals surface area contributed by atoms with Crippen molar-refractivity contribution in [1.29, 1.82) is 0 Å². The van der Waals surface area contributed by atoms with Crippen LogP contribution in [0.1, 0.15) is 55.5 Å². The van der Waals surface area contributed by atoms with E-state index in [1.165, 1.54) is 16.7 Å². The fraction of sp³-hybridized carbons (Fsp3) is 0.423. The van der Waals surface area contributed by atoms with Crippen LogP contribution in [-0.2, 0) is 11.2 Å². The van der Waals surface area contributed by atoms with Gasteiger partial charge in [0.15, 0.2) is 11.6 Å². The Morgan fingerprint density at radius 1 is 1.16 bits per heavy atom. The zero-order chi connectivity index (χ0) is 22.9. The number of anilines is 1. The molecule has 1 atom stereocenters. The van der Waals surface area contributed by atoms with Gasteiger partial charge in [-0.3, -0.25) is 14.9 Å². The van der Waals surface area contributed by atoms with Gasteiger partial charge in [-0.15, -0.1) is 0 Å². The largest absolute Gasteiger partial charge is 0.342 e. The summed E-state index contributed by atoms with van der Waals surface area (Å²) in [6, 6.07) is 10.7. The highest BCUT2D eigenvalue weighted by Crippen LogP contribution is 2.39. The van der Waals surface area contributed by atoms with Crippen LogP contribution in [0.25, 0.3) is 11.3 Å². The Balaban J connectivity index is 1.68. The van der Waals surface area contributed by atoms with E-state index in [1.807, 2.05) is 26.2 Å². The predicted molar refractivity (Wildman–Crippen MR) is 129 cm³/mol. The van der Waals surface area contributed by atoms with Gasteiger partial charge >= 0.3 is 0 Å². The number of pyridine rings is 1. The van der Waals surface area contributed by atoms with Crippen LogP contribution in [0.4, 0.5) is 5.82 Å². The number of hydrogen-bond acceptors (Lipinski definition) is 5. The van der Waals surface area contributed by atoms with E-state index in [2.05, 4.69) is 71.4 Å². The molecule has 32 heavy (non-hydrogen) atoms. The molecule has 0 aliphatic carbocycles. The molecular weight excluding hydrogens is 398 g/mol. The Bertz CT molecular complexity index is 1080. The number of nitrogens with zero attached hydrogens (tertiary/aromatic N) is 3.